The summed E-state index contributed by atoms with van der Waals surface area (Å²) >= 11 is 0. The maximum Gasteiger partial charge on any atom is 0.243 e. The van der Waals surface area contributed by atoms with E-state index < -0.39 is 0 Å². The molecule has 0 saturated heterocycles. The van der Waals surface area contributed by atoms with Crippen molar-refractivity contribution in [3.05, 3.63) is 12.2 Å². The normalized spacial score (nSPS) is 11.0. The number of rotatable bonds is 5. The minimum atomic E-state index is 0.0251. The fraction of sp³-hybridized carbons (Fsp3) is 0.700. The van der Waals surface area contributed by atoms with E-state index in [0.29, 0.717) is 5.92 Å². The van der Waals surface area contributed by atoms with E-state index in [1.54, 1.807) is 6.08 Å². The molecule has 0 fully saturated rings. The Kier molecular flexibility index (Phi) is 6.44. The molecule has 2 heteroatoms. The Morgan fingerprint density at radius 3 is 2.67 bits per heavy atom. The Morgan fingerprint density at radius 2 is 2.17 bits per heavy atom. The third-order valence-corrected chi connectivity index (χ3v) is 1.41. The lowest BCUT2D eigenvalue weighted by atomic mass is 10.2. The lowest BCUT2D eigenvalue weighted by molar-refractivity contribution is -0.116. The van der Waals surface area contributed by atoms with Crippen molar-refractivity contribution in [1.29, 1.82) is 0 Å². The number of hydrogen-bond donors (Lipinski definition) is 1. The average Bonchev–Trinajstić information content (AvgIpc) is 2.01. The monoisotopic (exact) mass is 169 g/mol. The molecule has 0 aliphatic rings. The summed E-state index contributed by atoms with van der Waals surface area (Å²) in [5.74, 6) is 0.547. The number of hydrogen-bond acceptors (Lipinski definition) is 1. The second-order valence-corrected chi connectivity index (χ2v) is 3.33. The molecule has 0 aromatic rings. The van der Waals surface area contributed by atoms with Crippen LogP contribution in [0.15, 0.2) is 12.2 Å². The van der Waals surface area contributed by atoms with Gasteiger partial charge in [-0.2, -0.15) is 0 Å². The van der Waals surface area contributed by atoms with Gasteiger partial charge >= 0.3 is 0 Å². The molecule has 0 aromatic carbocycles. The lowest BCUT2D eigenvalue weighted by Crippen LogP contribution is -2.25. The predicted molar refractivity (Wildman–Crippen MR) is 51.9 cm³/mol. The molecule has 0 aliphatic heterocycles. The first-order valence-corrected chi connectivity index (χ1v) is 4.61. The first kappa shape index (κ1) is 11.2. The van der Waals surface area contributed by atoms with Crippen molar-refractivity contribution in [3.8, 4) is 0 Å². The second kappa shape index (κ2) is 6.89. The molecule has 0 aromatic heterocycles. The zero-order valence-electron chi connectivity index (χ0n) is 8.26. The molecule has 12 heavy (non-hydrogen) atoms. The summed E-state index contributed by atoms with van der Waals surface area (Å²) < 4.78 is 0. The maximum atomic E-state index is 11.0. The quantitative estimate of drug-likeness (QED) is 0.627. The summed E-state index contributed by atoms with van der Waals surface area (Å²) in [6.07, 6.45) is 5.60. The third-order valence-electron chi connectivity index (χ3n) is 1.41. The van der Waals surface area contributed by atoms with Crippen LogP contribution < -0.4 is 5.32 Å². The molecule has 70 valence electrons. The fourth-order valence-corrected chi connectivity index (χ4v) is 0.721. The highest BCUT2D eigenvalue weighted by atomic mass is 16.1. The highest BCUT2D eigenvalue weighted by Crippen LogP contribution is 1.89. The SMILES string of the molecule is CCC/C=C\C(=O)NCC(C)C. The standard InChI is InChI=1S/C10H19NO/c1-4-5-6-7-10(12)11-8-9(2)3/h6-7,9H,4-5,8H2,1-3H3,(H,11,12)/b7-6-. The number of allylic oxidation sites excluding steroid dienone is 1. The van der Waals surface area contributed by atoms with E-state index >= 15 is 0 Å². The highest BCUT2D eigenvalue weighted by Gasteiger charge is 1.95. The Morgan fingerprint density at radius 1 is 1.50 bits per heavy atom. The van der Waals surface area contributed by atoms with E-state index in [9.17, 15) is 4.79 Å². The van der Waals surface area contributed by atoms with Crippen LogP contribution in [0.3, 0.4) is 0 Å². The van der Waals surface area contributed by atoms with Gasteiger partial charge in [-0.15, -0.1) is 0 Å². The van der Waals surface area contributed by atoms with Crippen LogP contribution in [-0.2, 0) is 4.79 Å². The molecular weight excluding hydrogens is 150 g/mol. The molecular formula is C10H19NO. The molecule has 0 saturated carbocycles. The number of unbranched alkanes of at least 4 members (excludes halogenated alkanes) is 1. The molecule has 1 N–H and O–H groups in total. The Bertz CT molecular complexity index is 150. The highest BCUT2D eigenvalue weighted by molar-refractivity contribution is 5.87. The first-order valence-electron chi connectivity index (χ1n) is 4.61. The van der Waals surface area contributed by atoms with Crippen molar-refractivity contribution in [2.75, 3.05) is 6.54 Å². The molecule has 1 amide bonds. The summed E-state index contributed by atoms with van der Waals surface area (Å²) in [7, 11) is 0. The van der Waals surface area contributed by atoms with Crippen LogP contribution in [0.2, 0.25) is 0 Å². The van der Waals surface area contributed by atoms with Gasteiger partial charge in [0.1, 0.15) is 0 Å². The molecule has 0 radical (unpaired) electrons. The largest absolute Gasteiger partial charge is 0.352 e. The minimum absolute atomic E-state index is 0.0251. The van der Waals surface area contributed by atoms with E-state index in [1.165, 1.54) is 0 Å². The van der Waals surface area contributed by atoms with Gasteiger partial charge in [0.2, 0.25) is 5.91 Å². The molecule has 0 atom stereocenters. The fourth-order valence-electron chi connectivity index (χ4n) is 0.721. The zero-order valence-corrected chi connectivity index (χ0v) is 8.26. The first-order chi connectivity index (χ1) is 5.66. The van der Waals surface area contributed by atoms with Gasteiger partial charge in [0, 0.05) is 6.54 Å². The van der Waals surface area contributed by atoms with Crippen molar-refractivity contribution in [2.24, 2.45) is 5.92 Å². The zero-order chi connectivity index (χ0) is 9.40. The molecule has 0 rings (SSSR count). The van der Waals surface area contributed by atoms with Crippen molar-refractivity contribution >= 4 is 5.91 Å². The summed E-state index contributed by atoms with van der Waals surface area (Å²) in [5.41, 5.74) is 0. The third kappa shape index (κ3) is 7.32. The average molecular weight is 169 g/mol. The van der Waals surface area contributed by atoms with Gasteiger partial charge in [-0.1, -0.05) is 33.3 Å². The topological polar surface area (TPSA) is 29.1 Å². The number of carbonyl (C=O) groups excluding carboxylic acids is 1. The van der Waals surface area contributed by atoms with Crippen LogP contribution in [0.25, 0.3) is 0 Å². The summed E-state index contributed by atoms with van der Waals surface area (Å²) in [6.45, 7) is 7.01. The van der Waals surface area contributed by atoms with E-state index in [2.05, 4.69) is 26.1 Å². The van der Waals surface area contributed by atoms with Crippen LogP contribution >= 0.6 is 0 Å². The smallest absolute Gasteiger partial charge is 0.243 e. The van der Waals surface area contributed by atoms with Gasteiger partial charge in [0.15, 0.2) is 0 Å². The van der Waals surface area contributed by atoms with Crippen molar-refractivity contribution < 1.29 is 4.79 Å². The van der Waals surface area contributed by atoms with Gasteiger partial charge in [-0.25, -0.2) is 0 Å². The van der Waals surface area contributed by atoms with Gasteiger partial charge in [0.05, 0.1) is 0 Å². The molecule has 0 heterocycles. The van der Waals surface area contributed by atoms with E-state index in [-0.39, 0.29) is 5.91 Å². The van der Waals surface area contributed by atoms with Crippen LogP contribution in [0, 0.1) is 5.92 Å². The second-order valence-electron chi connectivity index (χ2n) is 3.33. The Labute approximate surface area is 75.0 Å². The lowest BCUT2D eigenvalue weighted by Gasteiger charge is -2.03. The van der Waals surface area contributed by atoms with Crippen LogP contribution in [0.4, 0.5) is 0 Å². The number of carbonyl (C=O) groups is 1. The summed E-state index contributed by atoms with van der Waals surface area (Å²) in [4.78, 5) is 11.0. The van der Waals surface area contributed by atoms with Crippen molar-refractivity contribution in [3.63, 3.8) is 0 Å². The van der Waals surface area contributed by atoms with Crippen LogP contribution in [-0.4, -0.2) is 12.5 Å². The Balaban J connectivity index is 3.46. The molecule has 0 aliphatic carbocycles. The van der Waals surface area contributed by atoms with Gasteiger partial charge in [-0.05, 0) is 18.4 Å². The maximum absolute atomic E-state index is 11.0. The number of nitrogens with one attached hydrogen (secondary N) is 1. The van der Waals surface area contributed by atoms with E-state index in [1.807, 2.05) is 6.08 Å². The van der Waals surface area contributed by atoms with Crippen LogP contribution in [0.1, 0.15) is 33.6 Å². The van der Waals surface area contributed by atoms with Gasteiger partial charge in [0.25, 0.3) is 0 Å². The van der Waals surface area contributed by atoms with Crippen molar-refractivity contribution in [2.45, 2.75) is 33.6 Å². The minimum Gasteiger partial charge on any atom is -0.352 e. The van der Waals surface area contributed by atoms with Crippen molar-refractivity contribution in [1.82, 2.24) is 5.32 Å². The Hall–Kier alpha value is -0.790. The van der Waals surface area contributed by atoms with Gasteiger partial charge in [-0.3, -0.25) is 4.79 Å². The van der Waals surface area contributed by atoms with Crippen LogP contribution in [0.5, 0.6) is 0 Å². The van der Waals surface area contributed by atoms with E-state index in [4.69, 9.17) is 0 Å². The molecule has 2 nitrogen and oxygen atoms in total. The molecule has 0 unspecified atom stereocenters. The summed E-state index contributed by atoms with van der Waals surface area (Å²) in [5, 5.41) is 2.82. The molecule has 0 bridgehead atoms. The van der Waals surface area contributed by atoms with E-state index in [0.717, 1.165) is 19.4 Å². The summed E-state index contributed by atoms with van der Waals surface area (Å²) in [6, 6.07) is 0. The molecule has 0 spiro atoms. The predicted octanol–water partition coefficient (Wildman–Crippen LogP) is 2.11. The van der Waals surface area contributed by atoms with Gasteiger partial charge < -0.3 is 5.32 Å². The number of amides is 1.